The van der Waals surface area contributed by atoms with Crippen LogP contribution in [-0.2, 0) is 0 Å². The molecule has 0 amide bonds. The van der Waals surface area contributed by atoms with E-state index in [9.17, 15) is 0 Å². The summed E-state index contributed by atoms with van der Waals surface area (Å²) in [5.74, 6) is 0.695. The van der Waals surface area contributed by atoms with Crippen molar-refractivity contribution in [3.05, 3.63) is 127 Å². The number of benzene rings is 6. The zero-order valence-corrected chi connectivity index (χ0v) is 22.2. The lowest BCUT2D eigenvalue weighted by Crippen LogP contribution is -2.02. The second-order valence-electron chi connectivity index (χ2n) is 10.2. The van der Waals surface area contributed by atoms with Gasteiger partial charge in [0.1, 0.15) is 0 Å². The highest BCUT2D eigenvalue weighted by Crippen LogP contribution is 2.41. The molecular formula is C36H21N3S. The van der Waals surface area contributed by atoms with E-state index in [1.165, 1.54) is 42.4 Å². The van der Waals surface area contributed by atoms with Crippen LogP contribution < -0.4 is 0 Å². The predicted octanol–water partition coefficient (Wildman–Crippen LogP) is 9.91. The summed E-state index contributed by atoms with van der Waals surface area (Å²) in [6, 6.07) is 45.3. The fraction of sp³-hybridized carbons (Fsp3) is 0. The first-order valence-corrected chi connectivity index (χ1v) is 14.2. The standard InChI is InChI=1S/C36H21N3S/c1-2-11-24-21-25(18-17-22(24)9-1)33-35-34(28-14-6-8-16-31(28)40-35)38-36(37-33)39-29-15-7-5-13-27(29)32-26-12-4-3-10-23(26)19-20-30(32)39/h1-21H. The number of para-hydroxylation sites is 1. The van der Waals surface area contributed by atoms with Gasteiger partial charge >= 0.3 is 0 Å². The minimum atomic E-state index is 0.695. The first-order chi connectivity index (χ1) is 19.8. The first-order valence-electron chi connectivity index (χ1n) is 13.4. The van der Waals surface area contributed by atoms with E-state index in [-0.39, 0.29) is 0 Å². The molecular weight excluding hydrogens is 506 g/mol. The summed E-state index contributed by atoms with van der Waals surface area (Å²) in [7, 11) is 0. The van der Waals surface area contributed by atoms with E-state index in [1.807, 2.05) is 0 Å². The van der Waals surface area contributed by atoms with Crippen molar-refractivity contribution < 1.29 is 0 Å². The van der Waals surface area contributed by atoms with Gasteiger partial charge in [-0.2, -0.15) is 0 Å². The summed E-state index contributed by atoms with van der Waals surface area (Å²) in [5, 5.41) is 8.52. The molecule has 0 atom stereocenters. The van der Waals surface area contributed by atoms with Gasteiger partial charge in [-0.1, -0.05) is 103 Å². The Morgan fingerprint density at radius 2 is 1.23 bits per heavy atom. The maximum absolute atomic E-state index is 5.36. The van der Waals surface area contributed by atoms with E-state index in [0.29, 0.717) is 5.95 Å². The molecule has 0 aliphatic heterocycles. The molecule has 0 aliphatic carbocycles. The molecule has 0 saturated heterocycles. The fourth-order valence-corrected chi connectivity index (χ4v) is 7.32. The summed E-state index contributed by atoms with van der Waals surface area (Å²) in [4.78, 5) is 10.7. The molecule has 9 rings (SSSR count). The van der Waals surface area contributed by atoms with Gasteiger partial charge in [0.15, 0.2) is 0 Å². The van der Waals surface area contributed by atoms with Crippen LogP contribution in [0.15, 0.2) is 127 Å². The van der Waals surface area contributed by atoms with E-state index in [2.05, 4.69) is 132 Å². The Hall–Kier alpha value is -5.06. The van der Waals surface area contributed by atoms with Crippen molar-refractivity contribution in [1.82, 2.24) is 14.5 Å². The molecule has 40 heavy (non-hydrogen) atoms. The summed E-state index contributed by atoms with van der Waals surface area (Å²) in [5.41, 5.74) is 5.30. The van der Waals surface area contributed by atoms with Crippen molar-refractivity contribution in [2.45, 2.75) is 0 Å². The number of hydrogen-bond acceptors (Lipinski definition) is 3. The van der Waals surface area contributed by atoms with Gasteiger partial charge in [0.25, 0.3) is 0 Å². The molecule has 0 unspecified atom stereocenters. The molecule has 0 saturated carbocycles. The third-order valence-electron chi connectivity index (χ3n) is 7.99. The molecule has 0 radical (unpaired) electrons. The molecule has 186 valence electrons. The van der Waals surface area contributed by atoms with E-state index >= 15 is 0 Å². The monoisotopic (exact) mass is 527 g/mol. The Labute approximate surface area is 233 Å². The van der Waals surface area contributed by atoms with E-state index < -0.39 is 0 Å². The van der Waals surface area contributed by atoms with Crippen LogP contribution in [0.4, 0.5) is 0 Å². The van der Waals surface area contributed by atoms with Crippen LogP contribution in [0, 0.1) is 0 Å². The van der Waals surface area contributed by atoms with Crippen molar-refractivity contribution in [3.8, 4) is 17.2 Å². The molecule has 6 aromatic carbocycles. The van der Waals surface area contributed by atoms with Gasteiger partial charge in [-0.25, -0.2) is 9.97 Å². The van der Waals surface area contributed by atoms with Gasteiger partial charge in [0.05, 0.1) is 26.9 Å². The van der Waals surface area contributed by atoms with Crippen LogP contribution in [0.5, 0.6) is 0 Å². The third-order valence-corrected chi connectivity index (χ3v) is 9.16. The molecule has 0 aliphatic rings. The van der Waals surface area contributed by atoms with Gasteiger partial charge in [-0.15, -0.1) is 11.3 Å². The molecule has 0 spiro atoms. The lowest BCUT2D eigenvalue weighted by Gasteiger charge is -2.11. The van der Waals surface area contributed by atoms with Crippen molar-refractivity contribution in [2.24, 2.45) is 0 Å². The molecule has 4 heteroatoms. The molecule has 3 heterocycles. The van der Waals surface area contributed by atoms with Crippen LogP contribution in [0.25, 0.3) is 80.9 Å². The maximum Gasteiger partial charge on any atom is 0.235 e. The van der Waals surface area contributed by atoms with Crippen LogP contribution in [0.3, 0.4) is 0 Å². The molecule has 0 fully saturated rings. The molecule has 3 aromatic heterocycles. The van der Waals surface area contributed by atoms with Gasteiger partial charge in [0.2, 0.25) is 5.95 Å². The second-order valence-corrected chi connectivity index (χ2v) is 11.3. The van der Waals surface area contributed by atoms with Crippen molar-refractivity contribution >= 4 is 75.0 Å². The quantitative estimate of drug-likeness (QED) is 0.224. The summed E-state index contributed by atoms with van der Waals surface area (Å²) >= 11 is 1.77. The lowest BCUT2D eigenvalue weighted by atomic mass is 10.0. The molecule has 9 aromatic rings. The fourth-order valence-electron chi connectivity index (χ4n) is 6.17. The number of thiophene rings is 1. The molecule has 0 bridgehead atoms. The first kappa shape index (κ1) is 21.8. The van der Waals surface area contributed by atoms with Crippen LogP contribution in [0.1, 0.15) is 0 Å². The Morgan fingerprint density at radius 1 is 0.525 bits per heavy atom. The van der Waals surface area contributed by atoms with Crippen molar-refractivity contribution in [1.29, 1.82) is 0 Å². The second kappa shape index (κ2) is 8.22. The largest absolute Gasteiger partial charge is 0.278 e. The SMILES string of the molecule is c1ccc2cc(-c3nc(-n4c5ccccc5c5c6ccccc6ccc54)nc4c3sc3ccccc34)ccc2c1. The van der Waals surface area contributed by atoms with Crippen molar-refractivity contribution in [3.63, 3.8) is 0 Å². The zero-order valence-electron chi connectivity index (χ0n) is 21.4. The number of rotatable bonds is 2. The summed E-state index contributed by atoms with van der Waals surface area (Å²) in [6.45, 7) is 0. The Bertz CT molecular complexity index is 2450. The Balaban J connectivity index is 1.44. The average Bonchev–Trinajstić information content (AvgIpc) is 3.56. The van der Waals surface area contributed by atoms with Gasteiger partial charge in [-0.3, -0.25) is 4.57 Å². The molecule has 3 nitrogen and oxygen atoms in total. The van der Waals surface area contributed by atoms with E-state index in [1.54, 1.807) is 11.3 Å². The third kappa shape index (κ3) is 3.05. The summed E-state index contributed by atoms with van der Waals surface area (Å²) in [6.07, 6.45) is 0. The van der Waals surface area contributed by atoms with Crippen molar-refractivity contribution in [2.75, 3.05) is 0 Å². The van der Waals surface area contributed by atoms with Crippen LogP contribution >= 0.6 is 11.3 Å². The van der Waals surface area contributed by atoms with E-state index in [0.717, 1.165) is 32.5 Å². The number of hydrogen-bond donors (Lipinski definition) is 0. The number of aromatic nitrogens is 3. The van der Waals surface area contributed by atoms with Crippen LogP contribution in [0.2, 0.25) is 0 Å². The normalized spacial score (nSPS) is 12.0. The highest BCUT2D eigenvalue weighted by Gasteiger charge is 2.20. The summed E-state index contributed by atoms with van der Waals surface area (Å²) < 4.78 is 4.58. The highest BCUT2D eigenvalue weighted by molar-refractivity contribution is 7.26. The number of fused-ring (bicyclic) bond motifs is 9. The minimum absolute atomic E-state index is 0.695. The lowest BCUT2D eigenvalue weighted by molar-refractivity contribution is 1.02. The Kier molecular flexibility index (Phi) is 4.48. The topological polar surface area (TPSA) is 30.7 Å². The van der Waals surface area contributed by atoms with Gasteiger partial charge < -0.3 is 0 Å². The maximum atomic E-state index is 5.36. The molecule has 0 N–H and O–H groups in total. The average molecular weight is 528 g/mol. The van der Waals surface area contributed by atoms with Gasteiger partial charge in [0, 0.05) is 26.4 Å². The minimum Gasteiger partial charge on any atom is -0.278 e. The highest BCUT2D eigenvalue weighted by atomic mass is 32.1. The predicted molar refractivity (Wildman–Crippen MR) is 170 cm³/mol. The van der Waals surface area contributed by atoms with Gasteiger partial charge in [-0.05, 0) is 45.8 Å². The van der Waals surface area contributed by atoms with Crippen LogP contribution in [-0.4, -0.2) is 14.5 Å². The Morgan fingerprint density at radius 3 is 2.12 bits per heavy atom. The zero-order chi connectivity index (χ0) is 26.2. The smallest absolute Gasteiger partial charge is 0.235 e. The van der Waals surface area contributed by atoms with E-state index in [4.69, 9.17) is 9.97 Å². The number of nitrogens with zero attached hydrogens (tertiary/aromatic N) is 3.